The Balaban J connectivity index is 2.54. The van der Waals surface area contributed by atoms with Crippen molar-refractivity contribution in [1.29, 1.82) is 0 Å². The molecule has 3 heteroatoms. The lowest BCUT2D eigenvalue weighted by atomic mass is 9.94. The first kappa shape index (κ1) is 15.8. The van der Waals surface area contributed by atoms with Gasteiger partial charge < -0.3 is 5.32 Å². The third-order valence-electron chi connectivity index (χ3n) is 4.30. The van der Waals surface area contributed by atoms with Gasteiger partial charge in [0.05, 0.1) is 17.4 Å². The zero-order valence-corrected chi connectivity index (χ0v) is 14.1. The highest BCUT2D eigenvalue weighted by Gasteiger charge is 2.20. The van der Waals surface area contributed by atoms with Crippen molar-refractivity contribution in [1.82, 2.24) is 15.1 Å². The second-order valence-corrected chi connectivity index (χ2v) is 5.74. The van der Waals surface area contributed by atoms with Crippen molar-refractivity contribution in [2.45, 2.75) is 53.6 Å². The molecule has 0 aliphatic heterocycles. The summed E-state index contributed by atoms with van der Waals surface area (Å²) in [7, 11) is 2.03. The normalized spacial score (nSPS) is 12.7. The smallest absolute Gasteiger partial charge is 0.0748 e. The van der Waals surface area contributed by atoms with Gasteiger partial charge in [0.15, 0.2) is 0 Å². The third kappa shape index (κ3) is 3.03. The predicted octanol–water partition coefficient (Wildman–Crippen LogP) is 3.70. The summed E-state index contributed by atoms with van der Waals surface area (Å²) in [5.74, 6) is 0. The SMILES string of the molecule is CCc1cc(C(NC)c2cc(C)c(C)cc2C)n(CC)n1. The van der Waals surface area contributed by atoms with Gasteiger partial charge in [-0.25, -0.2) is 0 Å². The first-order valence-electron chi connectivity index (χ1n) is 7.83. The third-order valence-corrected chi connectivity index (χ3v) is 4.30. The van der Waals surface area contributed by atoms with Gasteiger partial charge in [-0.05, 0) is 69.5 Å². The number of hydrogen-bond donors (Lipinski definition) is 1. The molecule has 0 saturated heterocycles. The van der Waals surface area contributed by atoms with Crippen molar-refractivity contribution in [2.75, 3.05) is 7.05 Å². The molecule has 2 rings (SSSR count). The molecule has 0 aliphatic carbocycles. The minimum atomic E-state index is 0.192. The number of hydrogen-bond acceptors (Lipinski definition) is 2. The molecule has 1 aromatic carbocycles. The second-order valence-electron chi connectivity index (χ2n) is 5.74. The standard InChI is InChI=1S/C18H27N3/c1-7-15-11-17(21(8-2)20-15)18(19-6)16-10-13(4)12(3)9-14(16)5/h9-11,18-19H,7-8H2,1-6H3. The molecule has 0 amide bonds. The lowest BCUT2D eigenvalue weighted by Crippen LogP contribution is -2.22. The van der Waals surface area contributed by atoms with Crippen LogP contribution in [0.1, 0.15) is 53.5 Å². The molecule has 21 heavy (non-hydrogen) atoms. The van der Waals surface area contributed by atoms with Crippen LogP contribution in [0.4, 0.5) is 0 Å². The summed E-state index contributed by atoms with van der Waals surface area (Å²) in [6.07, 6.45) is 0.975. The Bertz CT molecular complexity index is 626. The summed E-state index contributed by atoms with van der Waals surface area (Å²) in [5, 5.41) is 8.16. The second kappa shape index (κ2) is 6.44. The van der Waals surface area contributed by atoms with E-state index >= 15 is 0 Å². The molecule has 1 unspecified atom stereocenters. The maximum atomic E-state index is 4.69. The first-order chi connectivity index (χ1) is 10.0. The molecule has 3 nitrogen and oxygen atoms in total. The van der Waals surface area contributed by atoms with Crippen LogP contribution in [0.5, 0.6) is 0 Å². The van der Waals surface area contributed by atoms with E-state index in [1.54, 1.807) is 0 Å². The molecular formula is C18H27N3. The fourth-order valence-electron chi connectivity index (χ4n) is 2.90. The molecule has 1 heterocycles. The lowest BCUT2D eigenvalue weighted by Gasteiger charge is -2.21. The monoisotopic (exact) mass is 285 g/mol. The van der Waals surface area contributed by atoms with E-state index in [1.807, 2.05) is 7.05 Å². The zero-order valence-electron chi connectivity index (χ0n) is 14.1. The van der Waals surface area contributed by atoms with Crippen molar-refractivity contribution in [3.05, 3.63) is 51.8 Å². The Morgan fingerprint density at radius 2 is 1.71 bits per heavy atom. The maximum absolute atomic E-state index is 4.69. The van der Waals surface area contributed by atoms with Gasteiger partial charge in [-0.15, -0.1) is 0 Å². The van der Waals surface area contributed by atoms with Gasteiger partial charge in [0.25, 0.3) is 0 Å². The highest BCUT2D eigenvalue weighted by molar-refractivity contribution is 5.41. The Labute approximate surface area is 128 Å². The molecule has 2 aromatic rings. The zero-order chi connectivity index (χ0) is 15.6. The summed E-state index contributed by atoms with van der Waals surface area (Å²) >= 11 is 0. The van der Waals surface area contributed by atoms with Crippen molar-refractivity contribution >= 4 is 0 Å². The maximum Gasteiger partial charge on any atom is 0.0748 e. The summed E-state index contributed by atoms with van der Waals surface area (Å²) in [6.45, 7) is 11.8. The van der Waals surface area contributed by atoms with Crippen LogP contribution < -0.4 is 5.32 Å². The molecular weight excluding hydrogens is 258 g/mol. The van der Waals surface area contributed by atoms with E-state index in [-0.39, 0.29) is 6.04 Å². The van der Waals surface area contributed by atoms with E-state index in [0.29, 0.717) is 0 Å². The minimum absolute atomic E-state index is 0.192. The molecule has 0 radical (unpaired) electrons. The quantitative estimate of drug-likeness (QED) is 0.908. The summed E-state index contributed by atoms with van der Waals surface area (Å²) < 4.78 is 2.12. The Morgan fingerprint density at radius 1 is 1.05 bits per heavy atom. The summed E-state index contributed by atoms with van der Waals surface area (Å²) in [5.41, 5.74) is 7.78. The van der Waals surface area contributed by atoms with E-state index in [9.17, 15) is 0 Å². The van der Waals surface area contributed by atoms with Crippen molar-refractivity contribution in [3.8, 4) is 0 Å². The molecule has 0 spiro atoms. The predicted molar refractivity (Wildman–Crippen MR) is 88.8 cm³/mol. The molecule has 1 atom stereocenters. The Morgan fingerprint density at radius 3 is 2.29 bits per heavy atom. The molecule has 0 aliphatic rings. The minimum Gasteiger partial charge on any atom is -0.308 e. The number of nitrogens with one attached hydrogen (secondary N) is 1. The Kier molecular flexibility index (Phi) is 4.84. The van der Waals surface area contributed by atoms with E-state index in [1.165, 1.54) is 27.9 Å². The van der Waals surface area contributed by atoms with E-state index < -0.39 is 0 Å². The van der Waals surface area contributed by atoms with Crippen LogP contribution >= 0.6 is 0 Å². The van der Waals surface area contributed by atoms with Crippen LogP contribution in [0.3, 0.4) is 0 Å². The lowest BCUT2D eigenvalue weighted by molar-refractivity contribution is 0.558. The Hall–Kier alpha value is -1.61. The van der Waals surface area contributed by atoms with Crippen LogP contribution in [0.2, 0.25) is 0 Å². The molecule has 1 N–H and O–H groups in total. The summed E-state index contributed by atoms with van der Waals surface area (Å²) in [4.78, 5) is 0. The van der Waals surface area contributed by atoms with E-state index in [0.717, 1.165) is 18.7 Å². The van der Waals surface area contributed by atoms with Crippen molar-refractivity contribution in [2.24, 2.45) is 0 Å². The summed E-state index contributed by atoms with van der Waals surface area (Å²) in [6, 6.07) is 7.02. The van der Waals surface area contributed by atoms with Crippen LogP contribution in [0.15, 0.2) is 18.2 Å². The molecule has 114 valence electrons. The van der Waals surface area contributed by atoms with E-state index in [2.05, 4.69) is 67.9 Å². The largest absolute Gasteiger partial charge is 0.308 e. The number of aryl methyl sites for hydroxylation is 5. The highest BCUT2D eigenvalue weighted by Crippen LogP contribution is 2.27. The first-order valence-corrected chi connectivity index (χ1v) is 7.83. The number of nitrogens with zero attached hydrogens (tertiary/aromatic N) is 2. The van der Waals surface area contributed by atoms with Gasteiger partial charge in [-0.2, -0.15) is 5.10 Å². The van der Waals surface area contributed by atoms with Gasteiger partial charge in [-0.1, -0.05) is 19.1 Å². The van der Waals surface area contributed by atoms with Gasteiger partial charge >= 0.3 is 0 Å². The van der Waals surface area contributed by atoms with Gasteiger partial charge in [0.2, 0.25) is 0 Å². The van der Waals surface area contributed by atoms with Crippen molar-refractivity contribution in [3.63, 3.8) is 0 Å². The number of rotatable bonds is 5. The van der Waals surface area contributed by atoms with E-state index in [4.69, 9.17) is 0 Å². The number of aromatic nitrogens is 2. The van der Waals surface area contributed by atoms with Crippen molar-refractivity contribution < 1.29 is 0 Å². The average molecular weight is 285 g/mol. The fourth-order valence-corrected chi connectivity index (χ4v) is 2.90. The van der Waals surface area contributed by atoms with Gasteiger partial charge in [0.1, 0.15) is 0 Å². The molecule has 1 aromatic heterocycles. The average Bonchev–Trinajstić information content (AvgIpc) is 2.88. The van der Waals surface area contributed by atoms with Crippen LogP contribution in [-0.2, 0) is 13.0 Å². The van der Waals surface area contributed by atoms with Gasteiger partial charge in [0, 0.05) is 6.54 Å². The van der Waals surface area contributed by atoms with Crippen LogP contribution in [0.25, 0.3) is 0 Å². The van der Waals surface area contributed by atoms with Gasteiger partial charge in [-0.3, -0.25) is 4.68 Å². The molecule has 0 fully saturated rings. The van der Waals surface area contributed by atoms with Crippen LogP contribution in [-0.4, -0.2) is 16.8 Å². The van der Waals surface area contributed by atoms with Crippen LogP contribution in [0, 0.1) is 20.8 Å². The molecule has 0 bridgehead atoms. The topological polar surface area (TPSA) is 29.9 Å². The number of benzene rings is 1. The fraction of sp³-hybridized carbons (Fsp3) is 0.500. The molecule has 0 saturated carbocycles. The highest BCUT2D eigenvalue weighted by atomic mass is 15.3.